The number of aliphatic hydroxyl groups is 1. The number of carbonyl (C=O) groups is 1. The normalized spacial score (nSPS) is 13.2. The van der Waals surface area contributed by atoms with Gasteiger partial charge in [0.15, 0.2) is 0 Å². The van der Waals surface area contributed by atoms with Gasteiger partial charge in [-0.3, -0.25) is 4.79 Å². The van der Waals surface area contributed by atoms with Gasteiger partial charge in [-0.1, -0.05) is 60.4 Å². The second kappa shape index (κ2) is 10.8. The Hall–Kier alpha value is -3.39. The summed E-state index contributed by atoms with van der Waals surface area (Å²) in [6, 6.07) is 17.1. The van der Waals surface area contributed by atoms with Crippen LogP contribution >= 0.6 is 23.2 Å². The van der Waals surface area contributed by atoms with Gasteiger partial charge in [0, 0.05) is 33.1 Å². The molecule has 0 radical (unpaired) electrons. The van der Waals surface area contributed by atoms with Crippen LogP contribution in [0.25, 0.3) is 10.8 Å². The maximum absolute atomic E-state index is 13.8. The average molecular weight is 555 g/mol. The fourth-order valence-corrected chi connectivity index (χ4v) is 5.15. The van der Waals surface area contributed by atoms with Gasteiger partial charge in [0.05, 0.1) is 18.2 Å². The van der Waals surface area contributed by atoms with Gasteiger partial charge in [0.25, 0.3) is 5.91 Å². The maximum Gasteiger partial charge on any atom is 0.366 e. The third-order valence-corrected chi connectivity index (χ3v) is 7.24. The molecular formula is C29H28Cl2N2O5. The molecule has 198 valence electrons. The molecule has 0 saturated carbocycles. The molecule has 0 aliphatic rings. The highest BCUT2D eigenvalue weighted by Gasteiger charge is 2.43. The second-order valence-electron chi connectivity index (χ2n) is 9.97. The van der Waals surface area contributed by atoms with Gasteiger partial charge in [-0.05, 0) is 66.8 Å². The van der Waals surface area contributed by atoms with E-state index in [2.05, 4.69) is 10.5 Å². The van der Waals surface area contributed by atoms with Crippen LogP contribution in [0.2, 0.25) is 10.0 Å². The number of methoxy groups -OCH3 is 1. The van der Waals surface area contributed by atoms with E-state index in [1.165, 1.54) is 0 Å². The summed E-state index contributed by atoms with van der Waals surface area (Å²) in [5, 5.41) is 20.5. The number of halogens is 2. The first-order valence-electron chi connectivity index (χ1n) is 12.0. The molecule has 1 aromatic heterocycles. The van der Waals surface area contributed by atoms with Crippen LogP contribution in [0, 0.1) is 6.92 Å². The first kappa shape index (κ1) is 27.6. The Morgan fingerprint density at radius 1 is 1.08 bits per heavy atom. The largest absolute Gasteiger partial charge is 0.496 e. The molecule has 0 fully saturated rings. The van der Waals surface area contributed by atoms with Crippen molar-refractivity contribution in [2.75, 3.05) is 12.4 Å². The molecule has 0 saturated heterocycles. The molecule has 1 unspecified atom stereocenters. The molecule has 0 aliphatic heterocycles. The van der Waals surface area contributed by atoms with E-state index in [0.717, 1.165) is 5.56 Å². The van der Waals surface area contributed by atoms with E-state index in [4.69, 9.17) is 32.5 Å². The number of nitrogens with zero attached hydrogens (tertiary/aromatic N) is 1. The molecule has 3 aromatic carbocycles. The Morgan fingerprint density at radius 2 is 1.82 bits per heavy atom. The van der Waals surface area contributed by atoms with Crippen molar-refractivity contribution in [1.29, 1.82) is 0 Å². The van der Waals surface area contributed by atoms with E-state index in [1.54, 1.807) is 74.7 Å². The predicted molar refractivity (Wildman–Crippen MR) is 149 cm³/mol. The number of hydrogen-bond acceptors (Lipinski definition) is 6. The van der Waals surface area contributed by atoms with Crippen LogP contribution in [-0.4, -0.2) is 28.9 Å². The van der Waals surface area contributed by atoms with Crippen molar-refractivity contribution >= 4 is 45.6 Å². The zero-order valence-corrected chi connectivity index (χ0v) is 23.0. The predicted octanol–water partition coefficient (Wildman–Crippen LogP) is 6.09. The number of nitrogens with one attached hydrogen (secondary N) is 1. The van der Waals surface area contributed by atoms with Crippen LogP contribution in [0.5, 0.6) is 5.75 Å². The fourth-order valence-electron chi connectivity index (χ4n) is 4.77. The van der Waals surface area contributed by atoms with Crippen molar-refractivity contribution in [3.05, 3.63) is 97.9 Å². The third-order valence-electron chi connectivity index (χ3n) is 6.64. The summed E-state index contributed by atoms with van der Waals surface area (Å²) in [4.78, 5) is 25.8. The fraction of sp³-hybridized carbons (Fsp3) is 0.276. The van der Waals surface area contributed by atoms with Crippen molar-refractivity contribution in [3.63, 3.8) is 0 Å². The van der Waals surface area contributed by atoms with Crippen LogP contribution in [0.15, 0.2) is 70.0 Å². The van der Waals surface area contributed by atoms with E-state index in [0.29, 0.717) is 43.5 Å². The van der Waals surface area contributed by atoms with Gasteiger partial charge in [-0.25, -0.2) is 4.79 Å². The van der Waals surface area contributed by atoms with Crippen LogP contribution in [-0.2, 0) is 16.6 Å². The van der Waals surface area contributed by atoms with Crippen molar-refractivity contribution in [3.8, 4) is 5.75 Å². The quantitative estimate of drug-likeness (QED) is 0.273. The molecule has 9 heteroatoms. The Morgan fingerprint density at radius 3 is 2.53 bits per heavy atom. The first-order valence-corrected chi connectivity index (χ1v) is 12.7. The SMILES string of the molecule is COc1ccc(Cl)cc1C(C)(C)CC(O)(Cc1ccccc1Cl)C(=O)Nc1ccc2c(=O)onc(C)c2c1. The number of ether oxygens (including phenoxy) is 1. The van der Waals surface area contributed by atoms with E-state index in [1.807, 2.05) is 13.8 Å². The van der Waals surface area contributed by atoms with Gasteiger partial charge in [-0.15, -0.1) is 0 Å². The van der Waals surface area contributed by atoms with E-state index >= 15 is 0 Å². The molecule has 2 N–H and O–H groups in total. The van der Waals surface area contributed by atoms with Crippen molar-refractivity contribution in [2.24, 2.45) is 0 Å². The molecule has 7 nitrogen and oxygen atoms in total. The average Bonchev–Trinajstić information content (AvgIpc) is 2.87. The molecule has 1 heterocycles. The van der Waals surface area contributed by atoms with Crippen LogP contribution in [0.4, 0.5) is 5.69 Å². The molecule has 0 bridgehead atoms. The Balaban J connectivity index is 1.74. The highest BCUT2D eigenvalue weighted by Crippen LogP contribution is 2.41. The van der Waals surface area contributed by atoms with E-state index in [9.17, 15) is 14.7 Å². The number of benzene rings is 3. The standard InChI is InChI=1S/C29H28Cl2N2O5/c1-17-22-14-20(10-11-21(22)26(34)38-33-17)32-27(35)29(36,15-18-7-5-6-8-24(18)31)16-28(2,3)23-13-19(30)9-12-25(23)37-4/h5-14,36H,15-16H2,1-4H3,(H,32,35). The third kappa shape index (κ3) is 5.70. The zero-order chi connectivity index (χ0) is 27.7. The lowest BCUT2D eigenvalue weighted by atomic mass is 9.72. The summed E-state index contributed by atoms with van der Waals surface area (Å²) in [6.07, 6.45) is -0.0198. The summed E-state index contributed by atoms with van der Waals surface area (Å²) in [5.74, 6) is -0.0318. The van der Waals surface area contributed by atoms with Gasteiger partial charge in [-0.2, -0.15) is 0 Å². The summed E-state index contributed by atoms with van der Waals surface area (Å²) in [6.45, 7) is 5.53. The number of carbonyl (C=O) groups excluding carboxylic acids is 1. The molecule has 0 aliphatic carbocycles. The Kier molecular flexibility index (Phi) is 7.83. The minimum atomic E-state index is -1.89. The number of aryl methyl sites for hydroxylation is 1. The van der Waals surface area contributed by atoms with Gasteiger partial charge < -0.3 is 19.7 Å². The van der Waals surface area contributed by atoms with Crippen molar-refractivity contribution in [1.82, 2.24) is 5.16 Å². The summed E-state index contributed by atoms with van der Waals surface area (Å²) in [7, 11) is 1.56. The number of fused-ring (bicyclic) bond motifs is 1. The van der Waals surface area contributed by atoms with Crippen molar-refractivity contribution < 1.29 is 19.2 Å². The molecule has 1 amide bonds. The van der Waals surface area contributed by atoms with Crippen LogP contribution < -0.4 is 15.7 Å². The van der Waals surface area contributed by atoms with Gasteiger partial charge >= 0.3 is 5.63 Å². The number of hydrogen-bond donors (Lipinski definition) is 2. The first-order chi connectivity index (χ1) is 17.9. The minimum absolute atomic E-state index is 0.0194. The second-order valence-corrected chi connectivity index (χ2v) is 10.8. The lowest BCUT2D eigenvalue weighted by Crippen LogP contribution is -2.49. The lowest BCUT2D eigenvalue weighted by Gasteiger charge is -2.36. The number of amides is 1. The lowest BCUT2D eigenvalue weighted by molar-refractivity contribution is -0.136. The van der Waals surface area contributed by atoms with Crippen LogP contribution in [0.3, 0.4) is 0 Å². The molecule has 4 rings (SSSR count). The smallest absolute Gasteiger partial charge is 0.366 e. The van der Waals surface area contributed by atoms with Gasteiger partial charge in [0.1, 0.15) is 11.4 Å². The highest BCUT2D eigenvalue weighted by molar-refractivity contribution is 6.31. The Bertz CT molecular complexity index is 1570. The summed E-state index contributed by atoms with van der Waals surface area (Å²) >= 11 is 12.7. The molecule has 4 aromatic rings. The summed E-state index contributed by atoms with van der Waals surface area (Å²) in [5.41, 5.74) is -0.943. The summed E-state index contributed by atoms with van der Waals surface area (Å²) < 4.78 is 10.3. The molecular weight excluding hydrogens is 527 g/mol. The van der Waals surface area contributed by atoms with Crippen LogP contribution in [0.1, 0.15) is 37.1 Å². The molecule has 1 atom stereocenters. The number of anilines is 1. The number of rotatable bonds is 8. The molecule has 0 spiro atoms. The highest BCUT2D eigenvalue weighted by atomic mass is 35.5. The number of aromatic nitrogens is 1. The maximum atomic E-state index is 13.8. The van der Waals surface area contributed by atoms with Crippen molar-refractivity contribution in [2.45, 2.75) is 44.6 Å². The topological polar surface area (TPSA) is 102 Å². The Labute approximate surface area is 230 Å². The monoisotopic (exact) mass is 554 g/mol. The van der Waals surface area contributed by atoms with Gasteiger partial charge in [0.2, 0.25) is 0 Å². The van der Waals surface area contributed by atoms with E-state index < -0.39 is 22.5 Å². The minimum Gasteiger partial charge on any atom is -0.496 e. The zero-order valence-electron chi connectivity index (χ0n) is 21.5. The van der Waals surface area contributed by atoms with E-state index in [-0.39, 0.29) is 12.8 Å². The molecule has 38 heavy (non-hydrogen) atoms.